The molecule has 2 unspecified atom stereocenters. The van der Waals surface area contributed by atoms with Gasteiger partial charge in [0, 0.05) is 0 Å². The van der Waals surface area contributed by atoms with E-state index in [4.69, 9.17) is 10.2 Å². The van der Waals surface area contributed by atoms with Gasteiger partial charge in [0.1, 0.15) is 0 Å². The molecule has 0 amide bonds. The van der Waals surface area contributed by atoms with Crippen molar-refractivity contribution in [2.45, 2.75) is 18.1 Å². The molecule has 0 aliphatic heterocycles. The molecule has 1 aliphatic carbocycles. The molecule has 0 radical (unpaired) electrons. The first-order valence-corrected chi connectivity index (χ1v) is 1.81. The van der Waals surface area contributed by atoms with Gasteiger partial charge in [-0.1, -0.05) is 0 Å². The maximum atomic E-state index is 11.4. The predicted octanol–water partition coefficient (Wildman–Crippen LogP) is -0.643. The van der Waals surface area contributed by atoms with Crippen molar-refractivity contribution in [1.82, 2.24) is 0 Å². The second-order valence-electron chi connectivity index (χ2n) is 1.56. The number of aliphatic hydroxyl groups excluding tert-OH is 2. The van der Waals surface area contributed by atoms with Gasteiger partial charge in [0.2, 0.25) is 0 Å². The Bertz CT molecular complexity index is 82.9. The number of hydrogen-bond acceptors (Lipinski definition) is 2. The van der Waals surface area contributed by atoms with Crippen molar-refractivity contribution < 1.29 is 19.0 Å². The van der Waals surface area contributed by atoms with Gasteiger partial charge in [-0.3, -0.25) is 0 Å². The molecule has 1 rings (SSSR count). The van der Waals surface area contributed by atoms with Crippen molar-refractivity contribution >= 4 is 0 Å². The van der Waals surface area contributed by atoms with E-state index in [0.29, 0.717) is 0 Å². The van der Waals surface area contributed by atoms with Gasteiger partial charge in [0.05, 0.1) is 0 Å². The average Bonchev–Trinajstić information content (AvgIpc) is 1.91. The van der Waals surface area contributed by atoms with Crippen molar-refractivity contribution in [2.75, 3.05) is 0 Å². The maximum absolute atomic E-state index is 11.4. The van der Waals surface area contributed by atoms with Crippen LogP contribution in [0.1, 0.15) is 0 Å². The first-order valence-electron chi connectivity index (χ1n) is 1.81. The Hall–Kier alpha value is -0.220. The van der Waals surface area contributed by atoms with Crippen LogP contribution in [0, 0.1) is 0 Å². The smallest absolute Gasteiger partial charge is 0.304 e. The molecular formula is C3H4F2O2. The van der Waals surface area contributed by atoms with Crippen molar-refractivity contribution in [3.05, 3.63) is 0 Å². The third kappa shape index (κ3) is 0.435. The van der Waals surface area contributed by atoms with Crippen LogP contribution in [0.5, 0.6) is 0 Å². The van der Waals surface area contributed by atoms with Crippen LogP contribution in [0.4, 0.5) is 8.78 Å². The summed E-state index contributed by atoms with van der Waals surface area (Å²) in [6, 6.07) is 0. The van der Waals surface area contributed by atoms with E-state index in [1.54, 1.807) is 0 Å². The summed E-state index contributed by atoms with van der Waals surface area (Å²) in [7, 11) is 0. The predicted molar refractivity (Wildman–Crippen MR) is 17.0 cm³/mol. The number of halogens is 2. The summed E-state index contributed by atoms with van der Waals surface area (Å²) >= 11 is 0. The molecule has 0 heterocycles. The minimum absolute atomic E-state index is 1.81. The van der Waals surface area contributed by atoms with E-state index in [-0.39, 0.29) is 0 Å². The van der Waals surface area contributed by atoms with Gasteiger partial charge in [-0.2, -0.15) is 0 Å². The van der Waals surface area contributed by atoms with Gasteiger partial charge in [0.15, 0.2) is 12.2 Å². The van der Waals surface area contributed by atoms with Gasteiger partial charge in [0.25, 0.3) is 0 Å². The molecule has 1 aliphatic rings. The monoisotopic (exact) mass is 110 g/mol. The van der Waals surface area contributed by atoms with Crippen LogP contribution < -0.4 is 0 Å². The topological polar surface area (TPSA) is 40.5 Å². The van der Waals surface area contributed by atoms with Crippen LogP contribution >= 0.6 is 0 Å². The molecule has 2 atom stereocenters. The van der Waals surface area contributed by atoms with Gasteiger partial charge in [-0.05, 0) is 0 Å². The van der Waals surface area contributed by atoms with Crippen LogP contribution in [0.15, 0.2) is 0 Å². The lowest BCUT2D eigenvalue weighted by Gasteiger charge is -1.81. The van der Waals surface area contributed by atoms with Crippen LogP contribution in [-0.2, 0) is 0 Å². The summed E-state index contributed by atoms with van der Waals surface area (Å²) in [6.07, 6.45) is -3.63. The molecule has 1 fully saturated rings. The Morgan fingerprint density at radius 1 is 1.14 bits per heavy atom. The average molecular weight is 110 g/mol. The largest absolute Gasteiger partial charge is 0.384 e. The molecule has 0 aromatic heterocycles. The summed E-state index contributed by atoms with van der Waals surface area (Å²) in [5.74, 6) is -3.22. The first-order chi connectivity index (χ1) is 3.07. The summed E-state index contributed by atoms with van der Waals surface area (Å²) in [6.45, 7) is 0. The Morgan fingerprint density at radius 3 is 1.29 bits per heavy atom. The van der Waals surface area contributed by atoms with E-state index in [1.165, 1.54) is 0 Å². The number of alkyl halides is 2. The standard InChI is InChI=1S/C3H4F2O2/c4-3(5)1(6)2(3)7/h1-2,6-7H. The van der Waals surface area contributed by atoms with E-state index in [2.05, 4.69) is 0 Å². The Labute approximate surface area is 38.4 Å². The molecule has 2 N–H and O–H groups in total. The lowest BCUT2D eigenvalue weighted by molar-refractivity contribution is 0.0381. The quantitative estimate of drug-likeness (QED) is 0.435. The summed E-state index contributed by atoms with van der Waals surface area (Å²) in [4.78, 5) is 0. The van der Waals surface area contributed by atoms with Crippen LogP contribution in [-0.4, -0.2) is 28.3 Å². The van der Waals surface area contributed by atoms with Crippen molar-refractivity contribution in [3.63, 3.8) is 0 Å². The summed E-state index contributed by atoms with van der Waals surface area (Å²) < 4.78 is 22.8. The zero-order chi connectivity index (χ0) is 5.65. The zero-order valence-electron chi connectivity index (χ0n) is 3.31. The highest BCUT2D eigenvalue weighted by atomic mass is 19.3. The van der Waals surface area contributed by atoms with E-state index in [1.807, 2.05) is 0 Å². The highest BCUT2D eigenvalue weighted by molar-refractivity contribution is 5.06. The van der Waals surface area contributed by atoms with Crippen LogP contribution in [0.25, 0.3) is 0 Å². The Balaban J connectivity index is 2.52. The second kappa shape index (κ2) is 0.952. The van der Waals surface area contributed by atoms with Crippen LogP contribution in [0.3, 0.4) is 0 Å². The maximum Gasteiger partial charge on any atom is 0.304 e. The van der Waals surface area contributed by atoms with Gasteiger partial charge < -0.3 is 10.2 Å². The van der Waals surface area contributed by atoms with Gasteiger partial charge in [-0.25, -0.2) is 8.78 Å². The Morgan fingerprint density at radius 2 is 1.29 bits per heavy atom. The molecule has 0 bridgehead atoms. The minimum Gasteiger partial charge on any atom is -0.384 e. The van der Waals surface area contributed by atoms with E-state index in [9.17, 15) is 8.78 Å². The summed E-state index contributed by atoms with van der Waals surface area (Å²) in [5.41, 5.74) is 0. The van der Waals surface area contributed by atoms with E-state index >= 15 is 0 Å². The molecule has 0 spiro atoms. The fraction of sp³-hybridized carbons (Fsp3) is 1.00. The fourth-order valence-corrected chi connectivity index (χ4v) is 0.295. The van der Waals surface area contributed by atoms with Gasteiger partial charge >= 0.3 is 5.92 Å². The molecule has 1 saturated carbocycles. The second-order valence-corrected chi connectivity index (χ2v) is 1.56. The van der Waals surface area contributed by atoms with Crippen molar-refractivity contribution in [1.29, 1.82) is 0 Å². The van der Waals surface area contributed by atoms with Crippen molar-refractivity contribution in [3.8, 4) is 0 Å². The molecule has 0 aromatic carbocycles. The number of hydrogen-bond donors (Lipinski definition) is 2. The zero-order valence-corrected chi connectivity index (χ0v) is 3.31. The normalized spacial score (nSPS) is 46.3. The summed E-state index contributed by atoms with van der Waals surface area (Å²) in [5, 5.41) is 15.9. The molecule has 0 saturated heterocycles. The number of aliphatic hydroxyl groups is 2. The molecule has 7 heavy (non-hydrogen) atoms. The molecule has 42 valence electrons. The molecular weight excluding hydrogens is 106 g/mol. The molecule has 0 aromatic rings. The highest BCUT2D eigenvalue weighted by Crippen LogP contribution is 2.41. The third-order valence-corrected chi connectivity index (χ3v) is 0.979. The lowest BCUT2D eigenvalue weighted by Crippen LogP contribution is -1.97. The molecule has 4 heteroatoms. The molecule has 2 nitrogen and oxygen atoms in total. The first kappa shape index (κ1) is 4.93. The fourth-order valence-electron chi connectivity index (χ4n) is 0.295. The lowest BCUT2D eigenvalue weighted by atomic mass is 10.8. The van der Waals surface area contributed by atoms with E-state index in [0.717, 1.165) is 0 Å². The van der Waals surface area contributed by atoms with Gasteiger partial charge in [-0.15, -0.1) is 0 Å². The SMILES string of the molecule is OC1C(O)C1(F)F. The van der Waals surface area contributed by atoms with E-state index < -0.39 is 18.1 Å². The third-order valence-electron chi connectivity index (χ3n) is 0.979. The minimum atomic E-state index is -3.22. The van der Waals surface area contributed by atoms with Crippen molar-refractivity contribution in [2.24, 2.45) is 0 Å². The Kier molecular flexibility index (Phi) is 0.670. The number of rotatable bonds is 0. The van der Waals surface area contributed by atoms with Crippen LogP contribution in [0.2, 0.25) is 0 Å². The highest BCUT2D eigenvalue weighted by Gasteiger charge is 2.68.